The molecule has 1 heterocycles. The van der Waals surface area contributed by atoms with Crippen LogP contribution in [0.2, 0.25) is 0 Å². The molecule has 1 unspecified atom stereocenters. The van der Waals surface area contributed by atoms with Gasteiger partial charge in [-0.2, -0.15) is 0 Å². The van der Waals surface area contributed by atoms with Crippen LogP contribution >= 0.6 is 0 Å². The molecule has 0 radical (unpaired) electrons. The monoisotopic (exact) mass is 390 g/mol. The van der Waals surface area contributed by atoms with Crippen LogP contribution in [0.3, 0.4) is 0 Å². The minimum Gasteiger partial charge on any atom is -0.387 e. The van der Waals surface area contributed by atoms with Crippen LogP contribution in [0.25, 0.3) is 0 Å². The van der Waals surface area contributed by atoms with Crippen LogP contribution in [-0.4, -0.2) is 46.4 Å². The maximum atomic E-state index is 12.5. The number of aliphatic hydroxyl groups is 1. The van der Waals surface area contributed by atoms with E-state index in [2.05, 4.69) is 9.62 Å². The maximum Gasteiger partial charge on any atom is 0.240 e. The van der Waals surface area contributed by atoms with E-state index < -0.39 is 16.1 Å². The summed E-state index contributed by atoms with van der Waals surface area (Å²) in [7, 11) is -3.66. The molecule has 1 aliphatic rings. The van der Waals surface area contributed by atoms with Gasteiger partial charge in [-0.05, 0) is 54.8 Å². The lowest BCUT2D eigenvalue weighted by atomic mass is 10.1. The molecule has 0 aromatic heterocycles. The first-order chi connectivity index (χ1) is 12.9. The predicted molar refractivity (Wildman–Crippen MR) is 106 cm³/mol. The van der Waals surface area contributed by atoms with Gasteiger partial charge < -0.3 is 14.7 Å². The molecular weight excluding hydrogens is 364 g/mol. The maximum absolute atomic E-state index is 12.5. The minimum atomic E-state index is -3.66. The summed E-state index contributed by atoms with van der Waals surface area (Å²) in [5.41, 5.74) is 3.70. The summed E-state index contributed by atoms with van der Waals surface area (Å²) < 4.78 is 32.7. The standard InChI is InChI=1S/C20H26N2O4S/c1-15-3-8-19(13-16(15)2)27(24,25)21-14-20(23)17-4-6-18(7-5-17)22-9-11-26-12-10-22/h3-8,13,20-21,23H,9-12,14H2,1-2H3. The Labute approximate surface area is 160 Å². The molecule has 0 bridgehead atoms. The number of ether oxygens (including phenoxy) is 1. The Morgan fingerprint density at radius 3 is 2.37 bits per heavy atom. The first kappa shape index (κ1) is 19.8. The van der Waals surface area contributed by atoms with Crippen molar-refractivity contribution in [2.24, 2.45) is 0 Å². The molecule has 2 aromatic rings. The number of benzene rings is 2. The highest BCUT2D eigenvalue weighted by Gasteiger charge is 2.18. The van der Waals surface area contributed by atoms with Crippen molar-refractivity contribution in [3.8, 4) is 0 Å². The molecule has 1 fully saturated rings. The fourth-order valence-corrected chi connectivity index (χ4v) is 4.12. The van der Waals surface area contributed by atoms with Gasteiger partial charge in [-0.15, -0.1) is 0 Å². The molecule has 0 saturated carbocycles. The third kappa shape index (κ3) is 4.87. The SMILES string of the molecule is Cc1ccc(S(=O)(=O)NCC(O)c2ccc(N3CCOCC3)cc2)cc1C. The molecule has 2 aromatic carbocycles. The summed E-state index contributed by atoms with van der Waals surface area (Å²) in [4.78, 5) is 2.43. The second-order valence-electron chi connectivity index (χ2n) is 6.80. The minimum absolute atomic E-state index is 0.0772. The van der Waals surface area contributed by atoms with E-state index in [1.54, 1.807) is 18.2 Å². The zero-order chi connectivity index (χ0) is 19.4. The van der Waals surface area contributed by atoms with Crippen molar-refractivity contribution in [1.82, 2.24) is 4.72 Å². The largest absolute Gasteiger partial charge is 0.387 e. The average Bonchev–Trinajstić information content (AvgIpc) is 2.69. The van der Waals surface area contributed by atoms with E-state index in [4.69, 9.17) is 4.74 Å². The Kier molecular flexibility index (Phi) is 6.16. The van der Waals surface area contributed by atoms with Gasteiger partial charge >= 0.3 is 0 Å². The molecular formula is C20H26N2O4S. The molecule has 1 saturated heterocycles. The lowest BCUT2D eigenvalue weighted by Crippen LogP contribution is -2.36. The van der Waals surface area contributed by atoms with Gasteiger partial charge in [-0.3, -0.25) is 0 Å². The van der Waals surface area contributed by atoms with Crippen molar-refractivity contribution in [2.75, 3.05) is 37.7 Å². The third-order valence-corrected chi connectivity index (χ3v) is 6.33. The molecule has 1 atom stereocenters. The molecule has 6 nitrogen and oxygen atoms in total. The highest BCUT2D eigenvalue weighted by molar-refractivity contribution is 7.89. The number of anilines is 1. The molecule has 0 aliphatic carbocycles. The van der Waals surface area contributed by atoms with Gasteiger partial charge in [0.1, 0.15) is 0 Å². The van der Waals surface area contributed by atoms with Crippen molar-refractivity contribution >= 4 is 15.7 Å². The summed E-state index contributed by atoms with van der Waals surface area (Å²) >= 11 is 0. The first-order valence-corrected chi connectivity index (χ1v) is 10.5. The molecule has 7 heteroatoms. The summed E-state index contributed by atoms with van der Waals surface area (Å²) in [6.45, 7) is 6.85. The normalized spacial score (nSPS) is 16.3. The number of aryl methyl sites for hydroxylation is 2. The van der Waals surface area contributed by atoms with Gasteiger partial charge in [-0.1, -0.05) is 18.2 Å². The van der Waals surface area contributed by atoms with Crippen molar-refractivity contribution in [3.05, 3.63) is 59.2 Å². The Hall–Kier alpha value is -1.93. The molecule has 27 heavy (non-hydrogen) atoms. The van der Waals surface area contributed by atoms with Gasteiger partial charge in [0.15, 0.2) is 0 Å². The quantitative estimate of drug-likeness (QED) is 0.790. The summed E-state index contributed by atoms with van der Waals surface area (Å²) in [5, 5.41) is 10.4. The van der Waals surface area contributed by atoms with Crippen molar-refractivity contribution < 1.29 is 18.3 Å². The number of hydrogen-bond acceptors (Lipinski definition) is 5. The van der Waals surface area contributed by atoms with E-state index in [0.717, 1.165) is 29.9 Å². The number of hydrogen-bond donors (Lipinski definition) is 2. The van der Waals surface area contributed by atoms with E-state index in [0.29, 0.717) is 18.8 Å². The molecule has 1 aliphatic heterocycles. The lowest BCUT2D eigenvalue weighted by Gasteiger charge is -2.29. The highest BCUT2D eigenvalue weighted by Crippen LogP contribution is 2.21. The number of sulfonamides is 1. The Morgan fingerprint density at radius 2 is 1.74 bits per heavy atom. The van der Waals surface area contributed by atoms with Gasteiger partial charge in [0.05, 0.1) is 24.2 Å². The summed E-state index contributed by atoms with van der Waals surface area (Å²) in [6.07, 6.45) is -0.912. The zero-order valence-corrected chi connectivity index (χ0v) is 16.5. The molecule has 2 N–H and O–H groups in total. The summed E-state index contributed by atoms with van der Waals surface area (Å²) in [5.74, 6) is 0. The van der Waals surface area contributed by atoms with Gasteiger partial charge in [0.2, 0.25) is 10.0 Å². The van der Waals surface area contributed by atoms with Crippen LogP contribution in [0, 0.1) is 13.8 Å². The Balaban J connectivity index is 1.62. The first-order valence-electron chi connectivity index (χ1n) is 9.04. The Bertz CT molecular complexity index is 875. The van der Waals surface area contributed by atoms with Crippen LogP contribution in [-0.2, 0) is 14.8 Å². The lowest BCUT2D eigenvalue weighted by molar-refractivity contribution is 0.122. The second-order valence-corrected chi connectivity index (χ2v) is 8.57. The van der Waals surface area contributed by atoms with Crippen LogP contribution in [0.5, 0.6) is 0 Å². The van der Waals surface area contributed by atoms with E-state index >= 15 is 0 Å². The van der Waals surface area contributed by atoms with E-state index in [1.807, 2.05) is 38.1 Å². The van der Waals surface area contributed by atoms with Crippen LogP contribution in [0.1, 0.15) is 22.8 Å². The third-order valence-electron chi connectivity index (χ3n) is 4.91. The molecule has 0 spiro atoms. The Morgan fingerprint density at radius 1 is 1.07 bits per heavy atom. The topological polar surface area (TPSA) is 78.9 Å². The van der Waals surface area contributed by atoms with Crippen LogP contribution in [0.15, 0.2) is 47.4 Å². The average molecular weight is 391 g/mol. The van der Waals surface area contributed by atoms with Gasteiger partial charge in [-0.25, -0.2) is 13.1 Å². The predicted octanol–water partition coefficient (Wildman–Crippen LogP) is 2.15. The number of nitrogens with one attached hydrogen (secondary N) is 1. The molecule has 0 amide bonds. The van der Waals surface area contributed by atoms with E-state index in [1.165, 1.54) is 0 Å². The van der Waals surface area contributed by atoms with Crippen LogP contribution < -0.4 is 9.62 Å². The fraction of sp³-hybridized carbons (Fsp3) is 0.400. The number of aliphatic hydroxyl groups excluding tert-OH is 1. The molecule has 3 rings (SSSR count). The van der Waals surface area contributed by atoms with Gasteiger partial charge in [0.25, 0.3) is 0 Å². The zero-order valence-electron chi connectivity index (χ0n) is 15.7. The number of morpholine rings is 1. The van der Waals surface area contributed by atoms with E-state index in [9.17, 15) is 13.5 Å². The van der Waals surface area contributed by atoms with Crippen molar-refractivity contribution in [3.63, 3.8) is 0 Å². The number of rotatable bonds is 6. The second kappa shape index (κ2) is 8.39. The van der Waals surface area contributed by atoms with Crippen LogP contribution in [0.4, 0.5) is 5.69 Å². The van der Waals surface area contributed by atoms with Gasteiger partial charge in [0, 0.05) is 25.3 Å². The smallest absolute Gasteiger partial charge is 0.240 e. The highest BCUT2D eigenvalue weighted by atomic mass is 32.2. The van der Waals surface area contributed by atoms with Crippen molar-refractivity contribution in [2.45, 2.75) is 24.8 Å². The van der Waals surface area contributed by atoms with Crippen molar-refractivity contribution in [1.29, 1.82) is 0 Å². The summed E-state index contributed by atoms with van der Waals surface area (Å²) in [6, 6.07) is 12.6. The van der Waals surface area contributed by atoms with E-state index in [-0.39, 0.29) is 11.4 Å². The number of nitrogens with zero attached hydrogens (tertiary/aromatic N) is 1. The fourth-order valence-electron chi connectivity index (χ4n) is 3.00. The molecule has 146 valence electrons.